The predicted molar refractivity (Wildman–Crippen MR) is 72.3 cm³/mol. The summed E-state index contributed by atoms with van der Waals surface area (Å²) in [5.41, 5.74) is 1.09. The molecule has 0 aromatic heterocycles. The van der Waals surface area contributed by atoms with Crippen LogP contribution in [0.4, 0.5) is 0 Å². The van der Waals surface area contributed by atoms with Gasteiger partial charge in [0.25, 0.3) is 10.2 Å². The number of hydrogen-bond acceptors (Lipinski definition) is 3. The minimum absolute atomic E-state index is 0.160. The molecule has 106 valence electrons. The highest BCUT2D eigenvalue weighted by molar-refractivity contribution is 7.87. The van der Waals surface area contributed by atoms with E-state index in [9.17, 15) is 13.2 Å². The van der Waals surface area contributed by atoms with Crippen molar-refractivity contribution in [1.82, 2.24) is 9.44 Å². The second kappa shape index (κ2) is 6.65. The van der Waals surface area contributed by atoms with E-state index in [0.29, 0.717) is 6.42 Å². The molecular weight excluding hydrogens is 268 g/mol. The van der Waals surface area contributed by atoms with Crippen molar-refractivity contribution in [3.63, 3.8) is 0 Å². The summed E-state index contributed by atoms with van der Waals surface area (Å²) < 4.78 is 27.8. The topological polar surface area (TPSA) is 95.5 Å². The molecule has 0 bridgehead atoms. The predicted octanol–water partition coefficient (Wildman–Crippen LogP) is 0.760. The molecular formula is C12H18N2O4S. The summed E-state index contributed by atoms with van der Waals surface area (Å²) in [5.74, 6) is -0.978. The van der Waals surface area contributed by atoms with Crippen LogP contribution in [0.15, 0.2) is 24.3 Å². The highest BCUT2D eigenvalue weighted by Crippen LogP contribution is 2.04. The van der Waals surface area contributed by atoms with E-state index >= 15 is 0 Å². The van der Waals surface area contributed by atoms with Crippen molar-refractivity contribution in [2.75, 3.05) is 6.54 Å². The summed E-state index contributed by atoms with van der Waals surface area (Å²) in [4.78, 5) is 10.7. The average Bonchev–Trinajstić information content (AvgIpc) is 2.27. The van der Waals surface area contributed by atoms with Gasteiger partial charge in [-0.05, 0) is 38.0 Å². The van der Waals surface area contributed by atoms with Crippen LogP contribution in [-0.4, -0.2) is 32.1 Å². The first-order valence-electron chi connectivity index (χ1n) is 5.89. The van der Waals surface area contributed by atoms with E-state index in [1.54, 1.807) is 26.0 Å². The minimum Gasteiger partial charge on any atom is -0.478 e. The molecule has 0 atom stereocenters. The van der Waals surface area contributed by atoms with E-state index in [-0.39, 0.29) is 18.2 Å². The highest BCUT2D eigenvalue weighted by atomic mass is 32.2. The number of hydrogen-bond donors (Lipinski definition) is 3. The number of rotatable bonds is 7. The molecule has 19 heavy (non-hydrogen) atoms. The van der Waals surface area contributed by atoms with Gasteiger partial charge < -0.3 is 5.11 Å². The molecule has 1 aromatic rings. The number of carbonyl (C=O) groups is 1. The van der Waals surface area contributed by atoms with E-state index in [2.05, 4.69) is 9.44 Å². The van der Waals surface area contributed by atoms with Crippen LogP contribution in [0.25, 0.3) is 0 Å². The quantitative estimate of drug-likeness (QED) is 0.689. The van der Waals surface area contributed by atoms with Crippen LogP contribution in [0, 0.1) is 0 Å². The maximum Gasteiger partial charge on any atom is 0.335 e. The van der Waals surface area contributed by atoms with Crippen molar-refractivity contribution in [3.05, 3.63) is 35.4 Å². The van der Waals surface area contributed by atoms with Crippen LogP contribution in [0.5, 0.6) is 0 Å². The zero-order valence-electron chi connectivity index (χ0n) is 10.9. The van der Waals surface area contributed by atoms with Gasteiger partial charge in [0.05, 0.1) is 5.56 Å². The van der Waals surface area contributed by atoms with Gasteiger partial charge in [0, 0.05) is 12.6 Å². The number of nitrogens with one attached hydrogen (secondary N) is 2. The molecule has 0 saturated carbocycles. The molecule has 7 heteroatoms. The minimum atomic E-state index is -3.47. The van der Waals surface area contributed by atoms with Crippen LogP contribution >= 0.6 is 0 Å². The lowest BCUT2D eigenvalue weighted by Crippen LogP contribution is -2.41. The summed E-state index contributed by atoms with van der Waals surface area (Å²) in [7, 11) is -3.47. The first kappa shape index (κ1) is 15.6. The van der Waals surface area contributed by atoms with Crippen molar-refractivity contribution < 1.29 is 18.3 Å². The smallest absolute Gasteiger partial charge is 0.335 e. The molecule has 1 aromatic carbocycles. The Morgan fingerprint density at radius 2 is 1.84 bits per heavy atom. The zero-order valence-corrected chi connectivity index (χ0v) is 11.7. The fourth-order valence-corrected chi connectivity index (χ4v) is 2.57. The molecule has 0 unspecified atom stereocenters. The summed E-state index contributed by atoms with van der Waals surface area (Å²) in [6.45, 7) is 3.74. The Kier molecular flexibility index (Phi) is 5.46. The maximum atomic E-state index is 11.5. The Bertz CT molecular complexity index is 523. The molecule has 0 heterocycles. The molecule has 3 N–H and O–H groups in total. The lowest BCUT2D eigenvalue weighted by atomic mass is 10.1. The van der Waals surface area contributed by atoms with Gasteiger partial charge >= 0.3 is 5.97 Å². The third kappa shape index (κ3) is 5.82. The van der Waals surface area contributed by atoms with Crippen LogP contribution in [0.3, 0.4) is 0 Å². The summed E-state index contributed by atoms with van der Waals surface area (Å²) in [6.07, 6.45) is 0.499. The Hall–Kier alpha value is -1.44. The number of aromatic carboxylic acids is 1. The first-order valence-corrected chi connectivity index (χ1v) is 7.37. The Balaban J connectivity index is 2.47. The molecule has 0 radical (unpaired) electrons. The second-order valence-electron chi connectivity index (χ2n) is 4.42. The first-order chi connectivity index (χ1) is 8.80. The van der Waals surface area contributed by atoms with E-state index < -0.39 is 16.2 Å². The summed E-state index contributed by atoms with van der Waals surface area (Å²) in [6, 6.07) is 6.19. The largest absolute Gasteiger partial charge is 0.478 e. The van der Waals surface area contributed by atoms with E-state index in [1.165, 1.54) is 12.1 Å². The molecule has 0 aliphatic carbocycles. The summed E-state index contributed by atoms with van der Waals surface area (Å²) >= 11 is 0. The lowest BCUT2D eigenvalue weighted by molar-refractivity contribution is 0.0697. The average molecular weight is 286 g/mol. The lowest BCUT2D eigenvalue weighted by Gasteiger charge is -2.10. The Labute approximate surface area is 113 Å². The van der Waals surface area contributed by atoms with Gasteiger partial charge in [-0.1, -0.05) is 12.1 Å². The monoisotopic (exact) mass is 286 g/mol. The van der Waals surface area contributed by atoms with Gasteiger partial charge in [0.2, 0.25) is 0 Å². The molecule has 0 amide bonds. The molecule has 6 nitrogen and oxygen atoms in total. The van der Waals surface area contributed by atoms with Crippen LogP contribution in [-0.2, 0) is 16.6 Å². The molecule has 0 saturated heterocycles. The SMILES string of the molecule is CC(C)NS(=O)(=O)NCCc1ccc(C(=O)O)cc1. The van der Waals surface area contributed by atoms with Crippen LogP contribution in [0.1, 0.15) is 29.8 Å². The number of carboxylic acid groups (broad SMARTS) is 1. The fraction of sp³-hybridized carbons (Fsp3) is 0.417. The fourth-order valence-electron chi connectivity index (χ4n) is 1.50. The van der Waals surface area contributed by atoms with Crippen molar-refractivity contribution in [1.29, 1.82) is 0 Å². The highest BCUT2D eigenvalue weighted by Gasteiger charge is 2.10. The molecule has 1 rings (SSSR count). The zero-order chi connectivity index (χ0) is 14.5. The van der Waals surface area contributed by atoms with Crippen molar-refractivity contribution in [2.45, 2.75) is 26.3 Å². The van der Waals surface area contributed by atoms with Gasteiger partial charge in [-0.25, -0.2) is 9.52 Å². The normalized spacial score (nSPS) is 11.7. The molecule has 0 spiro atoms. The second-order valence-corrected chi connectivity index (χ2v) is 5.95. The van der Waals surface area contributed by atoms with Gasteiger partial charge in [-0.2, -0.15) is 13.1 Å². The van der Waals surface area contributed by atoms with Crippen LogP contribution < -0.4 is 9.44 Å². The van der Waals surface area contributed by atoms with Crippen molar-refractivity contribution >= 4 is 16.2 Å². The van der Waals surface area contributed by atoms with Gasteiger partial charge in [0.1, 0.15) is 0 Å². The van der Waals surface area contributed by atoms with Gasteiger partial charge in [0.15, 0.2) is 0 Å². The van der Waals surface area contributed by atoms with Crippen molar-refractivity contribution in [2.24, 2.45) is 0 Å². The van der Waals surface area contributed by atoms with E-state index in [0.717, 1.165) is 5.56 Å². The number of carboxylic acids is 1. The van der Waals surface area contributed by atoms with Gasteiger partial charge in [-0.15, -0.1) is 0 Å². The van der Waals surface area contributed by atoms with E-state index in [4.69, 9.17) is 5.11 Å². The molecule has 0 aliphatic heterocycles. The van der Waals surface area contributed by atoms with E-state index in [1.807, 2.05) is 0 Å². The molecule has 0 fully saturated rings. The Morgan fingerprint density at radius 3 is 2.32 bits per heavy atom. The third-order valence-corrected chi connectivity index (χ3v) is 3.66. The van der Waals surface area contributed by atoms with Crippen molar-refractivity contribution in [3.8, 4) is 0 Å². The number of benzene rings is 1. The summed E-state index contributed by atoms with van der Waals surface area (Å²) in [5, 5.41) is 8.74. The maximum absolute atomic E-state index is 11.5. The van der Waals surface area contributed by atoms with Gasteiger partial charge in [-0.3, -0.25) is 0 Å². The Morgan fingerprint density at radius 1 is 1.26 bits per heavy atom. The standard InChI is InChI=1S/C12H18N2O4S/c1-9(2)14-19(17,18)13-8-7-10-3-5-11(6-4-10)12(15)16/h3-6,9,13-14H,7-8H2,1-2H3,(H,15,16). The molecule has 0 aliphatic rings. The van der Waals surface area contributed by atoms with Crippen LogP contribution in [0.2, 0.25) is 0 Å². The third-order valence-electron chi connectivity index (χ3n) is 2.30.